The van der Waals surface area contributed by atoms with Crippen molar-refractivity contribution in [3.05, 3.63) is 65.5 Å². The van der Waals surface area contributed by atoms with Gasteiger partial charge in [0.1, 0.15) is 0 Å². The Hall–Kier alpha value is -1.95. The normalized spacial score (nSPS) is 22.4. The summed E-state index contributed by atoms with van der Waals surface area (Å²) in [6, 6.07) is 12.9. The molecule has 1 aromatic heterocycles. The van der Waals surface area contributed by atoms with Gasteiger partial charge in [0.05, 0.1) is 12.6 Å². The molecule has 2 atom stereocenters. The van der Waals surface area contributed by atoms with Crippen LogP contribution >= 0.6 is 12.4 Å². The monoisotopic (exact) mass is 386 g/mol. The smallest absolute Gasteiger partial charge is 0.234 e. The second kappa shape index (κ2) is 9.31. The molecule has 4 rings (SSSR count). The highest BCUT2D eigenvalue weighted by Gasteiger charge is 2.27. The second-order valence-corrected chi connectivity index (χ2v) is 7.19. The number of amides is 1. The molecule has 144 valence electrons. The maximum absolute atomic E-state index is 12.8. The molecule has 0 saturated carbocycles. The molecule has 1 saturated heterocycles. The van der Waals surface area contributed by atoms with Crippen LogP contribution in [-0.4, -0.2) is 42.0 Å². The van der Waals surface area contributed by atoms with Crippen LogP contribution in [0, 0.1) is 0 Å². The average Bonchev–Trinajstić information content (AvgIpc) is 2.69. The van der Waals surface area contributed by atoms with Crippen LogP contribution < -0.4 is 10.6 Å². The number of fused-ring (bicyclic) bond motifs is 1. The molecule has 1 aliphatic carbocycles. The van der Waals surface area contributed by atoms with Crippen LogP contribution in [0.5, 0.6) is 0 Å². The summed E-state index contributed by atoms with van der Waals surface area (Å²) in [6.45, 7) is 3.07. The highest BCUT2D eigenvalue weighted by molar-refractivity contribution is 5.85. The number of aryl methyl sites for hydroxylation is 1. The van der Waals surface area contributed by atoms with Crippen LogP contribution in [0.1, 0.15) is 41.6 Å². The number of aromatic nitrogens is 1. The van der Waals surface area contributed by atoms with Crippen molar-refractivity contribution in [3.63, 3.8) is 0 Å². The van der Waals surface area contributed by atoms with Crippen molar-refractivity contribution < 1.29 is 4.79 Å². The second-order valence-electron chi connectivity index (χ2n) is 7.19. The summed E-state index contributed by atoms with van der Waals surface area (Å²) < 4.78 is 0. The van der Waals surface area contributed by atoms with E-state index in [2.05, 4.69) is 50.8 Å². The van der Waals surface area contributed by atoms with Crippen molar-refractivity contribution in [2.75, 3.05) is 26.2 Å². The molecule has 2 aromatic rings. The van der Waals surface area contributed by atoms with Crippen LogP contribution in [0.3, 0.4) is 0 Å². The number of pyridine rings is 1. The van der Waals surface area contributed by atoms with E-state index in [-0.39, 0.29) is 30.4 Å². The van der Waals surface area contributed by atoms with Gasteiger partial charge in [-0.2, -0.15) is 0 Å². The molecule has 1 fully saturated rings. The van der Waals surface area contributed by atoms with E-state index in [0.29, 0.717) is 6.54 Å². The fraction of sp³-hybridized carbons (Fsp3) is 0.429. The van der Waals surface area contributed by atoms with Crippen LogP contribution in [0.2, 0.25) is 0 Å². The number of nitrogens with zero attached hydrogens (tertiary/aromatic N) is 2. The Kier molecular flexibility index (Phi) is 6.83. The highest BCUT2D eigenvalue weighted by atomic mass is 35.5. The van der Waals surface area contributed by atoms with Crippen LogP contribution in [0.15, 0.2) is 48.8 Å². The van der Waals surface area contributed by atoms with Crippen molar-refractivity contribution in [1.29, 1.82) is 0 Å². The van der Waals surface area contributed by atoms with Crippen LogP contribution in [-0.2, 0) is 11.2 Å². The number of carbonyl (C=O) groups is 1. The largest absolute Gasteiger partial charge is 0.348 e. The number of nitrogens with one attached hydrogen (secondary N) is 2. The SMILES string of the molecule is Cl.O=C(CN1CCNCC1c1cccnc1)NC1CCCc2ccccc21. The minimum atomic E-state index is 0. The summed E-state index contributed by atoms with van der Waals surface area (Å²) in [7, 11) is 0. The van der Waals surface area contributed by atoms with Crippen molar-refractivity contribution in [2.24, 2.45) is 0 Å². The lowest BCUT2D eigenvalue weighted by atomic mass is 9.88. The zero-order valence-electron chi connectivity index (χ0n) is 15.4. The fourth-order valence-corrected chi connectivity index (χ4v) is 4.17. The van der Waals surface area contributed by atoms with Gasteiger partial charge >= 0.3 is 0 Å². The Morgan fingerprint density at radius 2 is 2.15 bits per heavy atom. The zero-order chi connectivity index (χ0) is 17.8. The maximum Gasteiger partial charge on any atom is 0.234 e. The lowest BCUT2D eigenvalue weighted by molar-refractivity contribution is -0.123. The van der Waals surface area contributed by atoms with Crippen molar-refractivity contribution in [3.8, 4) is 0 Å². The third-order valence-corrected chi connectivity index (χ3v) is 5.47. The Balaban J connectivity index is 0.00000210. The zero-order valence-corrected chi connectivity index (χ0v) is 16.3. The summed E-state index contributed by atoms with van der Waals surface area (Å²) in [4.78, 5) is 19.3. The lowest BCUT2D eigenvalue weighted by Gasteiger charge is -2.36. The Morgan fingerprint density at radius 1 is 1.26 bits per heavy atom. The molecule has 1 aliphatic heterocycles. The molecule has 2 unspecified atom stereocenters. The number of carbonyl (C=O) groups excluding carboxylic acids is 1. The molecule has 2 N–H and O–H groups in total. The summed E-state index contributed by atoms with van der Waals surface area (Å²) in [6.07, 6.45) is 6.96. The average molecular weight is 387 g/mol. The minimum Gasteiger partial charge on any atom is -0.348 e. The summed E-state index contributed by atoms with van der Waals surface area (Å²) in [5, 5.41) is 6.71. The molecule has 2 aliphatic rings. The minimum absolute atomic E-state index is 0. The van der Waals surface area contributed by atoms with Gasteiger partial charge in [-0.1, -0.05) is 30.3 Å². The molecule has 1 aromatic carbocycles. The predicted octanol–water partition coefficient (Wildman–Crippen LogP) is 2.64. The lowest BCUT2D eigenvalue weighted by Crippen LogP contribution is -2.50. The summed E-state index contributed by atoms with van der Waals surface area (Å²) in [5.41, 5.74) is 3.83. The third kappa shape index (κ3) is 4.67. The summed E-state index contributed by atoms with van der Waals surface area (Å²) in [5.74, 6) is 0.113. The molecule has 0 radical (unpaired) electrons. The molecule has 27 heavy (non-hydrogen) atoms. The standard InChI is InChI=1S/C21H26N4O.ClH/c26-21(24-19-9-3-6-16-5-1-2-8-18(16)19)15-25-12-11-23-14-20(25)17-7-4-10-22-13-17;/h1-2,4-5,7-8,10,13,19-20,23H,3,6,9,11-12,14-15H2,(H,24,26);1H. The maximum atomic E-state index is 12.8. The molecule has 0 bridgehead atoms. The highest BCUT2D eigenvalue weighted by Crippen LogP contribution is 2.29. The van der Waals surface area contributed by atoms with E-state index >= 15 is 0 Å². The van der Waals surface area contributed by atoms with E-state index < -0.39 is 0 Å². The Morgan fingerprint density at radius 3 is 3.00 bits per heavy atom. The molecule has 1 amide bonds. The number of piperazine rings is 1. The number of hydrogen-bond acceptors (Lipinski definition) is 4. The Labute approximate surface area is 167 Å². The molecule has 5 nitrogen and oxygen atoms in total. The van der Waals surface area contributed by atoms with E-state index in [1.807, 2.05) is 12.3 Å². The Bertz CT molecular complexity index is 755. The number of rotatable bonds is 4. The van der Waals surface area contributed by atoms with Gasteiger partial charge in [-0.25, -0.2) is 0 Å². The predicted molar refractivity (Wildman–Crippen MR) is 109 cm³/mol. The van der Waals surface area contributed by atoms with E-state index in [1.165, 1.54) is 11.1 Å². The number of benzene rings is 1. The number of hydrogen-bond donors (Lipinski definition) is 2. The third-order valence-electron chi connectivity index (χ3n) is 5.47. The first-order valence-corrected chi connectivity index (χ1v) is 9.53. The van der Waals surface area contributed by atoms with Gasteiger partial charge in [0, 0.05) is 38.1 Å². The quantitative estimate of drug-likeness (QED) is 0.848. The van der Waals surface area contributed by atoms with Gasteiger partial charge in [0.25, 0.3) is 0 Å². The molecule has 0 spiro atoms. The van der Waals surface area contributed by atoms with Gasteiger partial charge < -0.3 is 10.6 Å². The molecular weight excluding hydrogens is 360 g/mol. The van der Waals surface area contributed by atoms with E-state index in [0.717, 1.165) is 44.5 Å². The van der Waals surface area contributed by atoms with Crippen LogP contribution in [0.25, 0.3) is 0 Å². The number of halogens is 1. The van der Waals surface area contributed by atoms with Crippen molar-refractivity contribution >= 4 is 18.3 Å². The summed E-state index contributed by atoms with van der Waals surface area (Å²) >= 11 is 0. The first kappa shape index (κ1) is 19.8. The van der Waals surface area contributed by atoms with Gasteiger partial charge in [0.15, 0.2) is 0 Å². The van der Waals surface area contributed by atoms with Gasteiger partial charge in [-0.3, -0.25) is 14.7 Å². The van der Waals surface area contributed by atoms with Crippen molar-refractivity contribution in [2.45, 2.75) is 31.3 Å². The van der Waals surface area contributed by atoms with Gasteiger partial charge in [0.2, 0.25) is 5.91 Å². The molecule has 2 heterocycles. The first-order valence-electron chi connectivity index (χ1n) is 9.53. The molecule has 6 heteroatoms. The fourth-order valence-electron chi connectivity index (χ4n) is 4.17. The van der Waals surface area contributed by atoms with Crippen molar-refractivity contribution in [1.82, 2.24) is 20.5 Å². The van der Waals surface area contributed by atoms with E-state index in [1.54, 1.807) is 6.20 Å². The first-order chi connectivity index (χ1) is 12.8. The molecular formula is C21H27ClN4O. The van der Waals surface area contributed by atoms with Crippen LogP contribution in [0.4, 0.5) is 0 Å². The van der Waals surface area contributed by atoms with Gasteiger partial charge in [-0.05, 0) is 42.0 Å². The van der Waals surface area contributed by atoms with E-state index in [4.69, 9.17) is 0 Å². The topological polar surface area (TPSA) is 57.3 Å². The van der Waals surface area contributed by atoms with Gasteiger partial charge in [-0.15, -0.1) is 12.4 Å². The van der Waals surface area contributed by atoms with E-state index in [9.17, 15) is 4.79 Å².